The van der Waals surface area contributed by atoms with Gasteiger partial charge in [0, 0.05) is 0 Å². The highest BCUT2D eigenvalue weighted by Gasteiger charge is 2.31. The van der Waals surface area contributed by atoms with Crippen LogP contribution < -0.4 is 14.8 Å². The fourth-order valence-electron chi connectivity index (χ4n) is 2.53. The van der Waals surface area contributed by atoms with Crippen molar-refractivity contribution in [3.05, 3.63) is 53.6 Å². The number of hydrogen-bond acceptors (Lipinski definition) is 4. The predicted molar refractivity (Wildman–Crippen MR) is 90.2 cm³/mol. The van der Waals surface area contributed by atoms with Crippen LogP contribution in [-0.2, 0) is 10.2 Å². The van der Waals surface area contributed by atoms with Crippen LogP contribution in [0, 0.1) is 11.3 Å². The first kappa shape index (κ1) is 15.9. The minimum Gasteiger partial charge on any atom is -0.486 e. The van der Waals surface area contributed by atoms with E-state index in [1.807, 2.05) is 32.0 Å². The molecule has 1 heterocycles. The van der Waals surface area contributed by atoms with Gasteiger partial charge in [0.2, 0.25) is 5.91 Å². The first-order valence-electron chi connectivity index (χ1n) is 7.73. The number of amides is 1. The van der Waals surface area contributed by atoms with Crippen molar-refractivity contribution in [2.45, 2.75) is 19.3 Å². The van der Waals surface area contributed by atoms with Crippen molar-refractivity contribution in [3.63, 3.8) is 0 Å². The molecule has 0 atom stereocenters. The second-order valence-electron chi connectivity index (χ2n) is 6.09. The van der Waals surface area contributed by atoms with E-state index in [9.17, 15) is 4.79 Å². The third kappa shape index (κ3) is 2.91. The Hall–Kier alpha value is -3.00. The lowest BCUT2D eigenvalue weighted by Gasteiger charge is -2.26. The normalized spacial score (nSPS) is 13.0. The number of carbonyl (C=O) groups excluding carboxylic acids is 1. The summed E-state index contributed by atoms with van der Waals surface area (Å²) in [6.07, 6.45) is 0. The molecule has 24 heavy (non-hydrogen) atoms. The maximum atomic E-state index is 12.8. The number of hydrogen-bond donors (Lipinski definition) is 1. The van der Waals surface area contributed by atoms with Crippen molar-refractivity contribution in [1.29, 1.82) is 5.26 Å². The molecule has 0 aromatic heterocycles. The summed E-state index contributed by atoms with van der Waals surface area (Å²) in [7, 11) is 0. The molecule has 0 fully saturated rings. The summed E-state index contributed by atoms with van der Waals surface area (Å²) in [5.41, 5.74) is 0.969. The van der Waals surface area contributed by atoms with Gasteiger partial charge < -0.3 is 14.8 Å². The summed E-state index contributed by atoms with van der Waals surface area (Å²) in [6.45, 7) is 4.70. The third-order valence-corrected chi connectivity index (χ3v) is 4.13. The highest BCUT2D eigenvalue weighted by molar-refractivity contribution is 5.99. The Balaban J connectivity index is 1.87. The van der Waals surface area contributed by atoms with Gasteiger partial charge in [-0.2, -0.15) is 5.26 Å². The molecule has 5 heteroatoms. The second-order valence-corrected chi connectivity index (χ2v) is 6.09. The molecule has 122 valence electrons. The standard InChI is InChI=1S/C19H18N2O3/c1-19(2,14-7-8-16-17(11-14)24-10-9-23-16)18(22)21-15-6-4-3-5-13(15)12-20/h3-8,11H,9-10H2,1-2H3,(H,21,22). The maximum Gasteiger partial charge on any atom is 0.234 e. The summed E-state index contributed by atoms with van der Waals surface area (Å²) < 4.78 is 11.1. The van der Waals surface area contributed by atoms with Crippen molar-refractivity contribution < 1.29 is 14.3 Å². The maximum absolute atomic E-state index is 12.8. The van der Waals surface area contributed by atoms with Crippen molar-refractivity contribution in [2.75, 3.05) is 18.5 Å². The van der Waals surface area contributed by atoms with Crippen LogP contribution in [0.3, 0.4) is 0 Å². The van der Waals surface area contributed by atoms with E-state index in [0.29, 0.717) is 36.0 Å². The number of fused-ring (bicyclic) bond motifs is 1. The van der Waals surface area contributed by atoms with Crippen LogP contribution in [0.1, 0.15) is 25.0 Å². The van der Waals surface area contributed by atoms with Gasteiger partial charge in [0.1, 0.15) is 19.3 Å². The van der Waals surface area contributed by atoms with Crippen LogP contribution in [0.4, 0.5) is 5.69 Å². The van der Waals surface area contributed by atoms with E-state index in [0.717, 1.165) is 5.56 Å². The zero-order valence-electron chi connectivity index (χ0n) is 13.6. The molecule has 0 radical (unpaired) electrons. The Kier molecular flexibility index (Phi) is 4.13. The van der Waals surface area contributed by atoms with E-state index in [1.54, 1.807) is 24.3 Å². The van der Waals surface area contributed by atoms with Gasteiger partial charge in [-0.25, -0.2) is 0 Å². The summed E-state index contributed by atoms with van der Waals surface area (Å²) >= 11 is 0. The lowest BCUT2D eigenvalue weighted by atomic mass is 9.83. The number of anilines is 1. The number of rotatable bonds is 3. The van der Waals surface area contributed by atoms with Crippen LogP contribution in [0.5, 0.6) is 11.5 Å². The Morgan fingerprint density at radius 1 is 1.12 bits per heavy atom. The molecule has 1 N–H and O–H groups in total. The molecule has 1 aliphatic heterocycles. The fourth-order valence-corrected chi connectivity index (χ4v) is 2.53. The molecular weight excluding hydrogens is 304 g/mol. The number of carbonyl (C=O) groups is 1. The van der Waals surface area contributed by atoms with Gasteiger partial charge in [-0.1, -0.05) is 18.2 Å². The SMILES string of the molecule is CC(C)(C(=O)Nc1ccccc1C#N)c1ccc2c(c1)OCCO2. The van der Waals surface area contributed by atoms with Gasteiger partial charge in [-0.05, 0) is 43.7 Å². The topological polar surface area (TPSA) is 71.4 Å². The van der Waals surface area contributed by atoms with Crippen LogP contribution >= 0.6 is 0 Å². The average Bonchev–Trinajstić information content (AvgIpc) is 2.61. The van der Waals surface area contributed by atoms with Gasteiger partial charge in [0.15, 0.2) is 11.5 Å². The van der Waals surface area contributed by atoms with E-state index >= 15 is 0 Å². The van der Waals surface area contributed by atoms with Gasteiger partial charge in [-0.15, -0.1) is 0 Å². The average molecular weight is 322 g/mol. The lowest BCUT2D eigenvalue weighted by Crippen LogP contribution is -2.35. The molecule has 2 aromatic rings. The molecule has 0 saturated heterocycles. The van der Waals surface area contributed by atoms with Crippen molar-refractivity contribution in [1.82, 2.24) is 0 Å². The molecule has 0 bridgehead atoms. The molecule has 0 saturated carbocycles. The molecule has 2 aromatic carbocycles. The molecule has 1 aliphatic rings. The van der Waals surface area contributed by atoms with Gasteiger partial charge in [-0.3, -0.25) is 4.79 Å². The number of para-hydroxylation sites is 1. The fraction of sp³-hybridized carbons (Fsp3) is 0.263. The lowest BCUT2D eigenvalue weighted by molar-refractivity contribution is -0.120. The van der Waals surface area contributed by atoms with Gasteiger partial charge in [0.05, 0.1) is 16.7 Å². The zero-order chi connectivity index (χ0) is 17.2. The minimum absolute atomic E-state index is 0.193. The zero-order valence-corrected chi connectivity index (χ0v) is 13.6. The van der Waals surface area contributed by atoms with Gasteiger partial charge in [0.25, 0.3) is 0 Å². The van der Waals surface area contributed by atoms with Gasteiger partial charge >= 0.3 is 0 Å². The number of nitrogens with one attached hydrogen (secondary N) is 1. The monoisotopic (exact) mass is 322 g/mol. The third-order valence-electron chi connectivity index (χ3n) is 4.13. The summed E-state index contributed by atoms with van der Waals surface area (Å²) in [6, 6.07) is 14.5. The Morgan fingerprint density at radius 2 is 1.83 bits per heavy atom. The van der Waals surface area contributed by atoms with E-state index in [4.69, 9.17) is 14.7 Å². The molecule has 1 amide bonds. The molecule has 0 aliphatic carbocycles. The quantitative estimate of drug-likeness (QED) is 0.941. The number of benzene rings is 2. The van der Waals surface area contributed by atoms with Crippen molar-refractivity contribution in [3.8, 4) is 17.6 Å². The van der Waals surface area contributed by atoms with Crippen LogP contribution in [0.25, 0.3) is 0 Å². The number of ether oxygens (including phenoxy) is 2. The Labute approximate surface area is 140 Å². The van der Waals surface area contributed by atoms with Crippen molar-refractivity contribution in [2.24, 2.45) is 0 Å². The van der Waals surface area contributed by atoms with Crippen LogP contribution in [0.2, 0.25) is 0 Å². The summed E-state index contributed by atoms with van der Waals surface area (Å²) in [5.74, 6) is 1.15. The summed E-state index contributed by atoms with van der Waals surface area (Å²) in [4.78, 5) is 12.8. The second kappa shape index (κ2) is 6.25. The number of nitrogens with zero attached hydrogens (tertiary/aromatic N) is 1. The number of nitriles is 1. The van der Waals surface area contributed by atoms with Crippen molar-refractivity contribution >= 4 is 11.6 Å². The molecular formula is C19H18N2O3. The Morgan fingerprint density at radius 3 is 2.58 bits per heavy atom. The summed E-state index contributed by atoms with van der Waals surface area (Å²) in [5, 5.41) is 12.0. The van der Waals surface area contributed by atoms with E-state index in [2.05, 4.69) is 11.4 Å². The predicted octanol–water partition coefficient (Wildman–Crippen LogP) is 3.25. The molecule has 0 spiro atoms. The largest absolute Gasteiger partial charge is 0.486 e. The Bertz CT molecular complexity index is 822. The van der Waals surface area contributed by atoms with Crippen LogP contribution in [-0.4, -0.2) is 19.1 Å². The highest BCUT2D eigenvalue weighted by Crippen LogP contribution is 2.35. The molecule has 5 nitrogen and oxygen atoms in total. The van der Waals surface area contributed by atoms with E-state index in [1.165, 1.54) is 0 Å². The smallest absolute Gasteiger partial charge is 0.234 e. The molecule has 3 rings (SSSR count). The van der Waals surface area contributed by atoms with E-state index < -0.39 is 5.41 Å². The first-order chi connectivity index (χ1) is 11.5. The van der Waals surface area contributed by atoms with E-state index in [-0.39, 0.29) is 5.91 Å². The molecule has 0 unspecified atom stereocenters. The first-order valence-corrected chi connectivity index (χ1v) is 7.73. The minimum atomic E-state index is -0.793. The highest BCUT2D eigenvalue weighted by atomic mass is 16.6. The van der Waals surface area contributed by atoms with Crippen LogP contribution in [0.15, 0.2) is 42.5 Å².